The highest BCUT2D eigenvalue weighted by Crippen LogP contribution is 2.48. The summed E-state index contributed by atoms with van der Waals surface area (Å²) in [5.41, 5.74) is 3.20. The van der Waals surface area contributed by atoms with Crippen molar-refractivity contribution in [1.82, 2.24) is 5.09 Å². The number of nitrogens with one attached hydrogen (secondary N) is 1. The van der Waals surface area contributed by atoms with Gasteiger partial charge in [-0.1, -0.05) is 42.5 Å². The molecule has 126 valence electrons. The summed E-state index contributed by atoms with van der Waals surface area (Å²) in [6, 6.07) is 18.1. The number of carbonyl (C=O) groups is 1. The molecule has 0 aliphatic carbocycles. The Morgan fingerprint density at radius 1 is 1.00 bits per heavy atom. The largest absolute Gasteiger partial charge is 0.327 e. The van der Waals surface area contributed by atoms with Crippen molar-refractivity contribution in [2.75, 3.05) is 6.61 Å². The van der Waals surface area contributed by atoms with E-state index in [0.717, 1.165) is 22.1 Å². The van der Waals surface area contributed by atoms with E-state index in [9.17, 15) is 9.36 Å². The molecule has 5 heteroatoms. The van der Waals surface area contributed by atoms with Gasteiger partial charge in [0.15, 0.2) is 0 Å². The molecule has 1 unspecified atom stereocenters. The number of carbonyl (C=O) groups excluding carboxylic acids is 1. The van der Waals surface area contributed by atoms with Crippen LogP contribution < -0.4 is 10.4 Å². The normalized spacial score (nSPS) is 19.0. The Balaban J connectivity index is 1.88. The number of amides is 1. The molecule has 0 radical (unpaired) electrons. The molecule has 25 heavy (non-hydrogen) atoms. The monoisotopic (exact) mass is 351 g/mol. The molecule has 1 N–H and O–H groups in total. The van der Waals surface area contributed by atoms with Crippen molar-refractivity contribution in [3.05, 3.63) is 65.7 Å². The minimum atomic E-state index is -3.30. The summed E-state index contributed by atoms with van der Waals surface area (Å²) in [6.45, 7) is 3.92. The first-order valence-electron chi connectivity index (χ1n) is 8.23. The molecule has 1 atom stereocenters. The van der Waals surface area contributed by atoms with Gasteiger partial charge in [0, 0.05) is 0 Å². The minimum absolute atomic E-state index is 0.281. The zero-order chi connectivity index (χ0) is 17.6. The molecule has 1 heterocycles. The fraction of sp³-hybridized carbons (Fsp3) is 0.150. The van der Waals surface area contributed by atoms with Gasteiger partial charge in [-0.25, -0.2) is 0 Å². The molecule has 0 bridgehead atoms. The molecule has 3 aromatic rings. The van der Waals surface area contributed by atoms with Gasteiger partial charge in [0.1, 0.15) is 0 Å². The number of hydrogen-bond donors (Lipinski definition) is 1. The molecule has 0 fully saturated rings. The van der Waals surface area contributed by atoms with E-state index < -0.39 is 7.52 Å². The SMILES string of the molecule is CCOP1(=O)NC(=O)c2cc(-c3ccc4ccccc4c3)cc(C)c21. The molecule has 1 amide bonds. The van der Waals surface area contributed by atoms with E-state index in [-0.39, 0.29) is 12.5 Å². The molecule has 1 aliphatic heterocycles. The van der Waals surface area contributed by atoms with Crippen molar-refractivity contribution in [3.63, 3.8) is 0 Å². The summed E-state index contributed by atoms with van der Waals surface area (Å²) < 4.78 is 18.3. The number of benzene rings is 3. The molecule has 0 saturated heterocycles. The fourth-order valence-corrected chi connectivity index (χ4v) is 5.48. The molecule has 4 nitrogen and oxygen atoms in total. The highest BCUT2D eigenvalue weighted by Gasteiger charge is 2.41. The maximum absolute atomic E-state index is 12.9. The van der Waals surface area contributed by atoms with Crippen molar-refractivity contribution in [3.8, 4) is 11.1 Å². The number of hydrogen-bond acceptors (Lipinski definition) is 3. The predicted octanol–water partition coefficient (Wildman–Crippen LogP) is 4.41. The molecule has 3 aromatic carbocycles. The van der Waals surface area contributed by atoms with Gasteiger partial charge in [-0.2, -0.15) is 0 Å². The Kier molecular flexibility index (Phi) is 3.75. The first-order valence-corrected chi connectivity index (χ1v) is 9.86. The molecule has 0 spiro atoms. The second-order valence-corrected chi connectivity index (χ2v) is 8.19. The van der Waals surface area contributed by atoms with Crippen LogP contribution in [-0.4, -0.2) is 12.5 Å². The topological polar surface area (TPSA) is 55.4 Å². The van der Waals surface area contributed by atoms with Gasteiger partial charge in [0.05, 0.1) is 17.5 Å². The Labute approximate surface area is 146 Å². The average Bonchev–Trinajstić information content (AvgIpc) is 2.85. The Morgan fingerprint density at radius 2 is 1.76 bits per heavy atom. The summed E-state index contributed by atoms with van der Waals surface area (Å²) in [5.74, 6) is -0.336. The van der Waals surface area contributed by atoms with Crippen molar-refractivity contribution in [2.24, 2.45) is 0 Å². The van der Waals surface area contributed by atoms with Crippen LogP contribution in [0.2, 0.25) is 0 Å². The van der Waals surface area contributed by atoms with E-state index in [1.54, 1.807) is 13.0 Å². The Morgan fingerprint density at radius 3 is 2.52 bits per heavy atom. The maximum Gasteiger partial charge on any atom is 0.327 e. The van der Waals surface area contributed by atoms with Crippen LogP contribution in [0.4, 0.5) is 0 Å². The third kappa shape index (κ3) is 2.58. The molecular formula is C20H18NO3P. The van der Waals surface area contributed by atoms with Crippen LogP contribution >= 0.6 is 7.52 Å². The van der Waals surface area contributed by atoms with E-state index >= 15 is 0 Å². The van der Waals surface area contributed by atoms with Gasteiger partial charge < -0.3 is 4.52 Å². The van der Waals surface area contributed by atoms with Gasteiger partial charge >= 0.3 is 7.52 Å². The highest BCUT2D eigenvalue weighted by molar-refractivity contribution is 7.67. The minimum Gasteiger partial charge on any atom is -0.310 e. The van der Waals surface area contributed by atoms with Gasteiger partial charge in [-0.3, -0.25) is 14.4 Å². The van der Waals surface area contributed by atoms with Crippen LogP contribution in [0.1, 0.15) is 22.8 Å². The second kappa shape index (κ2) is 5.83. The lowest BCUT2D eigenvalue weighted by atomic mass is 9.97. The van der Waals surface area contributed by atoms with Crippen LogP contribution in [0.25, 0.3) is 21.9 Å². The zero-order valence-corrected chi connectivity index (χ0v) is 15.0. The third-order valence-electron chi connectivity index (χ3n) is 4.48. The summed E-state index contributed by atoms with van der Waals surface area (Å²) >= 11 is 0. The summed E-state index contributed by atoms with van der Waals surface area (Å²) in [4.78, 5) is 12.3. The van der Waals surface area contributed by atoms with Crippen LogP contribution in [0.3, 0.4) is 0 Å². The Hall–Kier alpha value is -2.42. The molecule has 1 aliphatic rings. The number of aryl methyl sites for hydroxylation is 1. The van der Waals surface area contributed by atoms with Gasteiger partial charge in [-0.05, 0) is 53.4 Å². The van der Waals surface area contributed by atoms with E-state index in [1.807, 2.05) is 31.2 Å². The molecular weight excluding hydrogens is 333 g/mol. The van der Waals surface area contributed by atoms with E-state index in [1.165, 1.54) is 5.39 Å². The van der Waals surface area contributed by atoms with E-state index in [0.29, 0.717) is 10.9 Å². The molecule has 4 rings (SSSR count). The van der Waals surface area contributed by atoms with E-state index in [4.69, 9.17) is 4.52 Å². The first-order chi connectivity index (χ1) is 12.0. The van der Waals surface area contributed by atoms with Crippen molar-refractivity contribution in [1.29, 1.82) is 0 Å². The smallest absolute Gasteiger partial charge is 0.310 e. The fourth-order valence-electron chi connectivity index (χ4n) is 3.41. The van der Waals surface area contributed by atoms with E-state index in [2.05, 4.69) is 29.4 Å². The number of rotatable bonds is 3. The van der Waals surface area contributed by atoms with Crippen LogP contribution in [0.5, 0.6) is 0 Å². The summed E-state index contributed by atoms with van der Waals surface area (Å²) in [5, 5.41) is 5.35. The first kappa shape index (κ1) is 16.1. The van der Waals surface area contributed by atoms with Gasteiger partial charge in [0.25, 0.3) is 5.91 Å². The quantitative estimate of drug-likeness (QED) is 0.711. The van der Waals surface area contributed by atoms with Crippen molar-refractivity contribution < 1.29 is 13.9 Å². The van der Waals surface area contributed by atoms with Crippen LogP contribution in [0, 0.1) is 6.92 Å². The lowest BCUT2D eigenvalue weighted by Crippen LogP contribution is -2.15. The average molecular weight is 351 g/mol. The van der Waals surface area contributed by atoms with Crippen molar-refractivity contribution >= 4 is 29.5 Å². The third-order valence-corrected chi connectivity index (χ3v) is 6.78. The van der Waals surface area contributed by atoms with Crippen LogP contribution in [0.15, 0.2) is 54.6 Å². The number of fused-ring (bicyclic) bond motifs is 2. The van der Waals surface area contributed by atoms with Gasteiger partial charge in [0.2, 0.25) is 0 Å². The lowest BCUT2D eigenvalue weighted by molar-refractivity contribution is 0.0982. The Bertz CT molecular complexity index is 1060. The summed E-state index contributed by atoms with van der Waals surface area (Å²) in [7, 11) is -3.30. The molecule has 0 saturated carbocycles. The standard InChI is InChI=1S/C20H18NO3P/c1-3-24-25(23)19-13(2)10-17(12-18(19)20(22)21-25)16-9-8-14-6-4-5-7-15(14)11-16/h4-12H,3H2,1-2H3,(H,21,22,23). The van der Waals surface area contributed by atoms with Crippen molar-refractivity contribution in [2.45, 2.75) is 13.8 Å². The van der Waals surface area contributed by atoms with Crippen LogP contribution in [-0.2, 0) is 9.09 Å². The summed E-state index contributed by atoms with van der Waals surface area (Å²) in [6.07, 6.45) is 0. The lowest BCUT2D eigenvalue weighted by Gasteiger charge is -2.14. The van der Waals surface area contributed by atoms with Gasteiger partial charge in [-0.15, -0.1) is 0 Å². The second-order valence-electron chi connectivity index (χ2n) is 6.16. The maximum atomic E-state index is 12.9. The highest BCUT2D eigenvalue weighted by atomic mass is 31.2. The molecule has 0 aromatic heterocycles. The predicted molar refractivity (Wildman–Crippen MR) is 100 cm³/mol. The zero-order valence-electron chi connectivity index (χ0n) is 14.1.